The zero-order chi connectivity index (χ0) is 25.2. The van der Waals surface area contributed by atoms with Crippen LogP contribution >= 0.6 is 0 Å². The molecule has 3 heterocycles. The van der Waals surface area contributed by atoms with Crippen LogP contribution in [0.25, 0.3) is 23.0 Å². The van der Waals surface area contributed by atoms with Crippen LogP contribution in [0.4, 0.5) is 0 Å². The summed E-state index contributed by atoms with van der Waals surface area (Å²) in [6.07, 6.45) is 5.03. The summed E-state index contributed by atoms with van der Waals surface area (Å²) in [6.45, 7) is 3.57. The van der Waals surface area contributed by atoms with Crippen LogP contribution in [0.5, 0.6) is 0 Å². The Morgan fingerprint density at radius 1 is 0.972 bits per heavy atom. The fourth-order valence-corrected chi connectivity index (χ4v) is 4.13. The molecule has 0 atom stereocenters. The Hall–Kier alpha value is -4.96. The van der Waals surface area contributed by atoms with Crippen LogP contribution in [0, 0.1) is 18.3 Å². The molecule has 2 amide bonds. The summed E-state index contributed by atoms with van der Waals surface area (Å²) in [5, 5.41) is 14.5. The maximum atomic E-state index is 13.5. The van der Waals surface area contributed by atoms with Crippen LogP contribution in [-0.2, 0) is 16.1 Å². The van der Waals surface area contributed by atoms with Crippen LogP contribution in [-0.4, -0.2) is 26.5 Å². The molecule has 7 nitrogen and oxygen atoms in total. The molecule has 0 saturated heterocycles. The maximum Gasteiger partial charge on any atom is 0.272 e. The molecule has 0 fully saturated rings. The lowest BCUT2D eigenvalue weighted by Crippen LogP contribution is -2.42. The molecule has 2 aromatic carbocycles. The number of aryl methyl sites for hydroxylation is 1. The monoisotopic (exact) mass is 474 g/mol. The van der Waals surface area contributed by atoms with Gasteiger partial charge in [-0.05, 0) is 49.8 Å². The van der Waals surface area contributed by atoms with Crippen molar-refractivity contribution >= 4 is 17.9 Å². The number of carbonyl (C=O) groups is 2. The van der Waals surface area contributed by atoms with E-state index in [-0.39, 0.29) is 17.7 Å². The third-order valence-electron chi connectivity index (χ3n) is 6.11. The van der Waals surface area contributed by atoms with E-state index in [1.807, 2.05) is 73.8 Å². The third kappa shape index (κ3) is 4.17. The number of imide groups is 1. The summed E-state index contributed by atoms with van der Waals surface area (Å²) >= 11 is 0. The number of benzene rings is 2. The molecule has 0 bridgehead atoms. The van der Waals surface area contributed by atoms with Gasteiger partial charge in [-0.3, -0.25) is 14.5 Å². The zero-order valence-corrected chi connectivity index (χ0v) is 19.8. The van der Waals surface area contributed by atoms with Gasteiger partial charge in [-0.15, -0.1) is 0 Å². The molecule has 0 unspecified atom stereocenters. The first-order chi connectivity index (χ1) is 17.5. The van der Waals surface area contributed by atoms with Gasteiger partial charge in [0, 0.05) is 22.9 Å². The lowest BCUT2D eigenvalue weighted by Gasteiger charge is -2.26. The van der Waals surface area contributed by atoms with E-state index in [0.29, 0.717) is 22.6 Å². The second-order valence-electron chi connectivity index (χ2n) is 8.52. The number of furan rings is 1. The summed E-state index contributed by atoms with van der Waals surface area (Å²) in [4.78, 5) is 27.5. The standard InChI is InChI=1S/C29H22N4O3/c1-19-10-12-21(13-11-19)27-22(17-33(31-27)23-7-4-3-5-8-23)15-25-20(2)26(16-30)29(35)32(28(25)34)18-24-9-6-14-36-24/h3-15,17H,18H2,1-2H3/b25-15+. The van der Waals surface area contributed by atoms with E-state index in [9.17, 15) is 14.9 Å². The molecule has 0 spiro atoms. The van der Waals surface area contributed by atoms with Gasteiger partial charge >= 0.3 is 0 Å². The molecule has 1 aliphatic heterocycles. The normalized spacial score (nSPS) is 15.0. The fourth-order valence-electron chi connectivity index (χ4n) is 4.13. The predicted octanol–water partition coefficient (Wildman–Crippen LogP) is 5.23. The largest absolute Gasteiger partial charge is 0.467 e. The van der Waals surface area contributed by atoms with Crippen molar-refractivity contribution in [1.29, 1.82) is 5.26 Å². The van der Waals surface area contributed by atoms with Gasteiger partial charge in [-0.25, -0.2) is 4.68 Å². The minimum Gasteiger partial charge on any atom is -0.467 e. The second kappa shape index (κ2) is 9.35. The summed E-state index contributed by atoms with van der Waals surface area (Å²) in [6, 6.07) is 23.0. The van der Waals surface area contributed by atoms with Gasteiger partial charge in [0.05, 0.1) is 24.2 Å². The number of nitrogens with zero attached hydrogens (tertiary/aromatic N) is 4. The Kier molecular flexibility index (Phi) is 5.93. The predicted molar refractivity (Wildman–Crippen MR) is 134 cm³/mol. The minimum atomic E-state index is -0.632. The van der Waals surface area contributed by atoms with E-state index in [1.165, 1.54) is 6.26 Å². The first-order valence-corrected chi connectivity index (χ1v) is 11.4. The Bertz CT molecular complexity index is 1550. The van der Waals surface area contributed by atoms with Gasteiger partial charge in [-0.2, -0.15) is 10.4 Å². The van der Waals surface area contributed by atoms with Gasteiger partial charge < -0.3 is 4.42 Å². The molecule has 7 heteroatoms. The van der Waals surface area contributed by atoms with Crippen LogP contribution in [0.1, 0.15) is 23.8 Å². The number of hydrogen-bond acceptors (Lipinski definition) is 5. The molecule has 0 N–H and O–H groups in total. The molecule has 4 aromatic rings. The lowest BCUT2D eigenvalue weighted by atomic mass is 9.93. The van der Waals surface area contributed by atoms with Crippen molar-refractivity contribution in [2.75, 3.05) is 0 Å². The average molecular weight is 475 g/mol. The molecule has 0 aliphatic carbocycles. The number of nitriles is 1. The van der Waals surface area contributed by atoms with Crippen molar-refractivity contribution in [3.8, 4) is 23.0 Å². The average Bonchev–Trinajstić information content (AvgIpc) is 3.56. The summed E-state index contributed by atoms with van der Waals surface area (Å²) in [5.41, 5.74) is 4.77. The van der Waals surface area contributed by atoms with Gasteiger partial charge in [0.1, 0.15) is 17.4 Å². The van der Waals surface area contributed by atoms with Crippen molar-refractivity contribution in [3.05, 3.63) is 113 Å². The smallest absolute Gasteiger partial charge is 0.272 e. The molecule has 0 radical (unpaired) electrons. The van der Waals surface area contributed by atoms with Crippen LogP contribution in [0.15, 0.2) is 100 Å². The molecule has 5 rings (SSSR count). The topological polar surface area (TPSA) is 92.1 Å². The number of amides is 2. The highest BCUT2D eigenvalue weighted by atomic mass is 16.3. The van der Waals surface area contributed by atoms with Crippen LogP contribution in [0.2, 0.25) is 0 Å². The summed E-state index contributed by atoms with van der Waals surface area (Å²) < 4.78 is 7.10. The van der Waals surface area contributed by atoms with Crippen LogP contribution < -0.4 is 0 Å². The molecule has 36 heavy (non-hydrogen) atoms. The highest BCUT2D eigenvalue weighted by Gasteiger charge is 2.36. The second-order valence-corrected chi connectivity index (χ2v) is 8.52. The Morgan fingerprint density at radius 3 is 2.39 bits per heavy atom. The molecular weight excluding hydrogens is 452 g/mol. The van der Waals surface area contributed by atoms with Gasteiger partial charge in [0.25, 0.3) is 11.8 Å². The number of carbonyl (C=O) groups excluding carboxylic acids is 2. The third-order valence-corrected chi connectivity index (χ3v) is 6.11. The Balaban J connectivity index is 1.66. The molecule has 176 valence electrons. The SMILES string of the molecule is CC1=C(C#N)C(=O)N(Cc2ccco2)C(=O)/C1=C/c1cn(-c2ccccc2)nc1-c1ccc(C)cc1. The number of rotatable bonds is 5. The zero-order valence-electron chi connectivity index (χ0n) is 19.8. The Morgan fingerprint density at radius 2 is 1.72 bits per heavy atom. The number of hydrogen-bond donors (Lipinski definition) is 0. The summed E-state index contributed by atoms with van der Waals surface area (Å²) in [7, 11) is 0. The quantitative estimate of drug-likeness (QED) is 0.292. The van der Waals surface area contributed by atoms with Crippen molar-refractivity contribution in [3.63, 3.8) is 0 Å². The first-order valence-electron chi connectivity index (χ1n) is 11.4. The van der Waals surface area contributed by atoms with Gasteiger partial charge in [0.15, 0.2) is 0 Å². The molecule has 0 saturated carbocycles. The van der Waals surface area contributed by atoms with Crippen molar-refractivity contribution in [1.82, 2.24) is 14.7 Å². The van der Waals surface area contributed by atoms with Crippen LogP contribution in [0.3, 0.4) is 0 Å². The van der Waals surface area contributed by atoms with E-state index in [0.717, 1.165) is 21.7 Å². The van der Waals surface area contributed by atoms with Gasteiger partial charge in [-0.1, -0.05) is 48.0 Å². The molecular formula is C29H22N4O3. The van der Waals surface area contributed by atoms with E-state index < -0.39 is 11.8 Å². The van der Waals surface area contributed by atoms with E-state index >= 15 is 0 Å². The number of para-hydroxylation sites is 1. The molecule has 1 aliphatic rings. The Labute approximate surface area is 208 Å². The lowest BCUT2D eigenvalue weighted by molar-refractivity contribution is -0.141. The first kappa shape index (κ1) is 22.8. The minimum absolute atomic E-state index is 0.0609. The van der Waals surface area contributed by atoms with Crippen molar-refractivity contribution < 1.29 is 14.0 Å². The van der Waals surface area contributed by atoms with E-state index in [4.69, 9.17) is 9.52 Å². The number of aromatic nitrogens is 2. The summed E-state index contributed by atoms with van der Waals surface area (Å²) in [5.74, 6) is -0.673. The maximum absolute atomic E-state index is 13.5. The van der Waals surface area contributed by atoms with E-state index in [1.54, 1.807) is 29.8 Å². The van der Waals surface area contributed by atoms with E-state index in [2.05, 4.69) is 0 Å². The highest BCUT2D eigenvalue weighted by molar-refractivity contribution is 6.19. The fraction of sp³-hybridized carbons (Fsp3) is 0.103. The van der Waals surface area contributed by atoms with Crippen molar-refractivity contribution in [2.45, 2.75) is 20.4 Å². The molecule has 2 aromatic heterocycles. The van der Waals surface area contributed by atoms with Crippen molar-refractivity contribution in [2.24, 2.45) is 0 Å². The van der Waals surface area contributed by atoms with Gasteiger partial charge in [0.2, 0.25) is 0 Å². The highest BCUT2D eigenvalue weighted by Crippen LogP contribution is 2.32.